The Morgan fingerprint density at radius 2 is 2.56 bits per heavy atom. The lowest BCUT2D eigenvalue weighted by molar-refractivity contribution is -0.128. The van der Waals surface area contributed by atoms with Gasteiger partial charge in [0.05, 0.1) is 18.2 Å². The van der Waals surface area contributed by atoms with Gasteiger partial charge in [-0.05, 0) is 25.5 Å². The molecule has 0 spiro atoms. The molecule has 6 heteroatoms. The molecule has 4 nitrogen and oxygen atoms in total. The first-order valence-corrected chi connectivity index (χ1v) is 7.22. The van der Waals surface area contributed by atoms with Gasteiger partial charge < -0.3 is 14.6 Å². The Morgan fingerprint density at radius 3 is 3.17 bits per heavy atom. The summed E-state index contributed by atoms with van der Waals surface area (Å²) in [6, 6.07) is 3.74. The number of carbonyl (C=O) groups is 1. The quantitative estimate of drug-likeness (QED) is 0.860. The normalized spacial score (nSPS) is 16.9. The molecule has 98 valence electrons. The molecule has 0 radical (unpaired) electrons. The minimum absolute atomic E-state index is 0.0941. The summed E-state index contributed by atoms with van der Waals surface area (Å²) >= 11 is 6.76. The van der Waals surface area contributed by atoms with E-state index in [1.54, 1.807) is 6.26 Å². The maximum atomic E-state index is 11.6. The highest BCUT2D eigenvalue weighted by Crippen LogP contribution is 2.22. The van der Waals surface area contributed by atoms with Crippen LogP contribution in [0.25, 0.3) is 0 Å². The fourth-order valence-corrected chi connectivity index (χ4v) is 3.19. The van der Waals surface area contributed by atoms with Gasteiger partial charge in [0.25, 0.3) is 0 Å². The van der Waals surface area contributed by atoms with Crippen LogP contribution in [0.5, 0.6) is 0 Å². The monoisotopic (exact) mass is 284 g/mol. The zero-order chi connectivity index (χ0) is 13.0. The fraction of sp³-hybridized carbons (Fsp3) is 0.500. The summed E-state index contributed by atoms with van der Waals surface area (Å²) in [5.74, 6) is 1.08. The molecule has 1 unspecified atom stereocenters. The van der Waals surface area contributed by atoms with E-state index in [0.717, 1.165) is 18.7 Å². The van der Waals surface area contributed by atoms with Gasteiger partial charge in [0, 0.05) is 13.0 Å². The molecule has 1 saturated heterocycles. The lowest BCUT2D eigenvalue weighted by Crippen LogP contribution is -2.34. The third kappa shape index (κ3) is 3.49. The minimum Gasteiger partial charge on any atom is -0.467 e. The van der Waals surface area contributed by atoms with Crippen molar-refractivity contribution in [3.8, 4) is 0 Å². The largest absolute Gasteiger partial charge is 0.467 e. The van der Waals surface area contributed by atoms with Crippen LogP contribution in [0.1, 0.15) is 25.5 Å². The van der Waals surface area contributed by atoms with E-state index < -0.39 is 0 Å². The molecule has 1 aromatic rings. The topological polar surface area (TPSA) is 45.5 Å². The summed E-state index contributed by atoms with van der Waals surface area (Å²) < 4.78 is 5.90. The van der Waals surface area contributed by atoms with E-state index in [4.69, 9.17) is 16.6 Å². The Bertz CT molecular complexity index is 420. The molecule has 1 aliphatic rings. The number of hydrogen-bond donors (Lipinski definition) is 1. The number of nitrogens with one attached hydrogen (secondary N) is 1. The highest BCUT2D eigenvalue weighted by atomic mass is 32.2. The molecule has 1 amide bonds. The number of hydrogen-bond acceptors (Lipinski definition) is 4. The van der Waals surface area contributed by atoms with Crippen molar-refractivity contribution in [2.75, 3.05) is 6.54 Å². The minimum atomic E-state index is 0.0941. The van der Waals surface area contributed by atoms with Crippen LogP contribution >= 0.6 is 24.0 Å². The van der Waals surface area contributed by atoms with Crippen LogP contribution in [0.4, 0.5) is 0 Å². The van der Waals surface area contributed by atoms with Crippen LogP contribution < -0.4 is 5.32 Å². The highest BCUT2D eigenvalue weighted by molar-refractivity contribution is 8.23. The van der Waals surface area contributed by atoms with E-state index in [2.05, 4.69) is 5.32 Å². The molecule has 0 aromatic carbocycles. The summed E-state index contributed by atoms with van der Waals surface area (Å²) in [5, 5.41) is 3.21. The Kier molecular flexibility index (Phi) is 4.66. The Balaban J connectivity index is 1.75. The predicted octanol–water partition coefficient (Wildman–Crippen LogP) is 2.36. The lowest BCUT2D eigenvalue weighted by atomic mass is 10.4. The van der Waals surface area contributed by atoms with Crippen LogP contribution in [0, 0.1) is 0 Å². The summed E-state index contributed by atoms with van der Waals surface area (Å²) in [5.41, 5.74) is 0. The van der Waals surface area contributed by atoms with Gasteiger partial charge in [-0.25, -0.2) is 0 Å². The molecular weight excluding hydrogens is 268 g/mol. The number of rotatable bonds is 4. The van der Waals surface area contributed by atoms with Gasteiger partial charge >= 0.3 is 0 Å². The van der Waals surface area contributed by atoms with Crippen molar-refractivity contribution in [2.45, 2.75) is 31.7 Å². The summed E-state index contributed by atoms with van der Waals surface area (Å²) in [7, 11) is 0. The molecule has 1 aliphatic heterocycles. The van der Waals surface area contributed by atoms with Crippen LogP contribution in [-0.4, -0.2) is 27.0 Å². The first-order chi connectivity index (χ1) is 8.66. The summed E-state index contributed by atoms with van der Waals surface area (Å²) in [6.45, 7) is 3.43. The SMILES string of the molecule is CC(SC(=S)NCc1ccco1)N1CCCC1=O. The van der Waals surface area contributed by atoms with Gasteiger partial charge in [-0.3, -0.25) is 4.79 Å². The molecule has 0 saturated carbocycles. The lowest BCUT2D eigenvalue weighted by Gasteiger charge is -2.23. The van der Waals surface area contributed by atoms with Gasteiger partial charge in [-0.2, -0.15) is 0 Å². The first-order valence-electron chi connectivity index (χ1n) is 5.93. The van der Waals surface area contributed by atoms with Crippen LogP contribution in [0.2, 0.25) is 0 Å². The van der Waals surface area contributed by atoms with Gasteiger partial charge in [-0.15, -0.1) is 0 Å². The molecule has 18 heavy (non-hydrogen) atoms. The van der Waals surface area contributed by atoms with Crippen molar-refractivity contribution in [3.05, 3.63) is 24.2 Å². The van der Waals surface area contributed by atoms with E-state index in [1.807, 2.05) is 24.0 Å². The highest BCUT2D eigenvalue weighted by Gasteiger charge is 2.25. The Morgan fingerprint density at radius 1 is 1.72 bits per heavy atom. The summed E-state index contributed by atoms with van der Waals surface area (Å²) in [4.78, 5) is 13.5. The van der Waals surface area contributed by atoms with Gasteiger partial charge in [0.15, 0.2) is 0 Å². The smallest absolute Gasteiger partial charge is 0.223 e. The van der Waals surface area contributed by atoms with Gasteiger partial charge in [-0.1, -0.05) is 24.0 Å². The number of carbonyl (C=O) groups excluding carboxylic acids is 1. The fourth-order valence-electron chi connectivity index (χ4n) is 1.89. The Hall–Kier alpha value is -1.01. The van der Waals surface area contributed by atoms with Gasteiger partial charge in [0.1, 0.15) is 10.1 Å². The second-order valence-electron chi connectivity index (χ2n) is 4.13. The number of nitrogens with zero attached hydrogens (tertiary/aromatic N) is 1. The zero-order valence-corrected chi connectivity index (χ0v) is 11.9. The molecule has 1 N–H and O–H groups in total. The number of furan rings is 1. The van der Waals surface area contributed by atoms with Crippen molar-refractivity contribution in [2.24, 2.45) is 0 Å². The van der Waals surface area contributed by atoms with Crippen molar-refractivity contribution in [1.82, 2.24) is 10.2 Å². The standard InChI is InChI=1S/C12H16N2O2S2/c1-9(14-6-2-5-11(14)15)18-12(17)13-8-10-4-3-7-16-10/h3-4,7,9H,2,5-6,8H2,1H3,(H,13,17). The Labute approximate surface area is 116 Å². The molecule has 2 heterocycles. The van der Waals surface area contributed by atoms with E-state index in [-0.39, 0.29) is 11.3 Å². The van der Waals surface area contributed by atoms with Crippen molar-refractivity contribution < 1.29 is 9.21 Å². The number of amides is 1. The van der Waals surface area contributed by atoms with Crippen molar-refractivity contribution >= 4 is 34.2 Å². The molecule has 1 aromatic heterocycles. The molecule has 0 bridgehead atoms. The number of thiocarbonyl (C=S) groups is 1. The van der Waals surface area contributed by atoms with Crippen LogP contribution in [-0.2, 0) is 11.3 Å². The number of thioether (sulfide) groups is 1. The van der Waals surface area contributed by atoms with E-state index in [0.29, 0.717) is 17.3 Å². The molecule has 1 atom stereocenters. The van der Waals surface area contributed by atoms with Crippen molar-refractivity contribution in [3.63, 3.8) is 0 Å². The number of likely N-dealkylation sites (tertiary alicyclic amines) is 1. The molecule has 0 aliphatic carbocycles. The molecular formula is C12H16N2O2S2. The average molecular weight is 284 g/mol. The third-order valence-electron chi connectivity index (χ3n) is 2.81. The maximum absolute atomic E-state index is 11.6. The first kappa shape index (κ1) is 13.4. The second kappa shape index (κ2) is 6.24. The average Bonchev–Trinajstić information content (AvgIpc) is 2.97. The van der Waals surface area contributed by atoms with Crippen molar-refractivity contribution in [1.29, 1.82) is 0 Å². The van der Waals surface area contributed by atoms with Crippen LogP contribution in [0.15, 0.2) is 22.8 Å². The molecule has 1 fully saturated rings. The molecule has 2 rings (SSSR count). The van der Waals surface area contributed by atoms with Crippen LogP contribution in [0.3, 0.4) is 0 Å². The van der Waals surface area contributed by atoms with Gasteiger partial charge in [0.2, 0.25) is 5.91 Å². The van der Waals surface area contributed by atoms with E-state index in [9.17, 15) is 4.79 Å². The van der Waals surface area contributed by atoms with E-state index >= 15 is 0 Å². The third-order valence-corrected chi connectivity index (χ3v) is 4.20. The zero-order valence-electron chi connectivity index (χ0n) is 10.2. The predicted molar refractivity (Wildman–Crippen MR) is 76.1 cm³/mol. The maximum Gasteiger partial charge on any atom is 0.223 e. The second-order valence-corrected chi connectivity index (χ2v) is 6.12. The summed E-state index contributed by atoms with van der Waals surface area (Å²) in [6.07, 6.45) is 3.26. The van der Waals surface area contributed by atoms with E-state index in [1.165, 1.54) is 11.8 Å².